The first-order valence-electron chi connectivity index (χ1n) is 9.81. The Hall–Kier alpha value is -2.74. The zero-order valence-electron chi connectivity index (χ0n) is 16.4. The second-order valence-corrected chi connectivity index (χ2v) is 7.23. The number of amides is 1. The number of carbonyl (C=O) groups excluding carboxylic acids is 1. The van der Waals surface area contributed by atoms with Gasteiger partial charge in [0.1, 0.15) is 11.5 Å². The van der Waals surface area contributed by atoms with Gasteiger partial charge in [-0.3, -0.25) is 4.79 Å². The number of ether oxygens (including phenoxy) is 2. The zero-order chi connectivity index (χ0) is 21.6. The van der Waals surface area contributed by atoms with Crippen LogP contribution < -0.4 is 4.74 Å². The van der Waals surface area contributed by atoms with Crippen LogP contribution in [0.3, 0.4) is 0 Å². The number of phenolic OH excluding ortho intramolecular Hbond substituents is 1. The lowest BCUT2D eigenvalue weighted by Crippen LogP contribution is -2.37. The van der Waals surface area contributed by atoms with E-state index in [0.29, 0.717) is 25.1 Å². The molecule has 2 aromatic rings. The topological polar surface area (TPSA) is 59.0 Å². The number of hydrogen-bond acceptors (Lipinski definition) is 4. The lowest BCUT2D eigenvalue weighted by Gasteiger charge is -2.26. The Morgan fingerprint density at radius 1 is 1.17 bits per heavy atom. The number of phenols is 1. The van der Waals surface area contributed by atoms with E-state index in [0.717, 1.165) is 18.4 Å². The van der Waals surface area contributed by atoms with Gasteiger partial charge in [0.2, 0.25) is 5.91 Å². The molecule has 1 atom stereocenters. The predicted molar refractivity (Wildman–Crippen MR) is 104 cm³/mol. The van der Waals surface area contributed by atoms with Gasteiger partial charge in [-0.2, -0.15) is 0 Å². The molecular weight excluding hydrogens is 399 g/mol. The highest BCUT2D eigenvalue weighted by molar-refractivity contribution is 5.76. The van der Waals surface area contributed by atoms with Crippen molar-refractivity contribution in [3.05, 3.63) is 59.7 Å². The second kappa shape index (κ2) is 9.84. The third-order valence-electron chi connectivity index (χ3n) is 4.94. The first kappa shape index (κ1) is 22.0. The van der Waals surface area contributed by atoms with Crippen molar-refractivity contribution in [1.82, 2.24) is 4.90 Å². The number of aromatic hydroxyl groups is 1. The molecular formula is C22H24F3NO4. The van der Waals surface area contributed by atoms with Crippen LogP contribution in [0.1, 0.15) is 30.4 Å². The largest absolute Gasteiger partial charge is 0.573 e. The number of benzene rings is 2. The van der Waals surface area contributed by atoms with Gasteiger partial charge in [-0.15, -0.1) is 13.2 Å². The summed E-state index contributed by atoms with van der Waals surface area (Å²) in [5.74, 6) is -0.274. The van der Waals surface area contributed by atoms with E-state index in [9.17, 15) is 23.1 Å². The minimum atomic E-state index is -4.73. The van der Waals surface area contributed by atoms with E-state index >= 15 is 0 Å². The molecule has 1 unspecified atom stereocenters. The Bertz CT molecular complexity index is 833. The summed E-state index contributed by atoms with van der Waals surface area (Å²) < 4.78 is 46.3. The number of nitrogens with zero attached hydrogens (tertiary/aromatic N) is 1. The molecule has 0 bridgehead atoms. The molecule has 1 fully saturated rings. The molecule has 0 aliphatic carbocycles. The summed E-state index contributed by atoms with van der Waals surface area (Å²) in [6, 6.07) is 12.4. The average Bonchev–Trinajstić information content (AvgIpc) is 3.20. The van der Waals surface area contributed by atoms with Gasteiger partial charge >= 0.3 is 6.36 Å². The molecule has 0 spiro atoms. The number of halogens is 3. The Balaban J connectivity index is 1.61. The van der Waals surface area contributed by atoms with Crippen LogP contribution in [0, 0.1) is 0 Å². The molecule has 1 amide bonds. The Morgan fingerprint density at radius 2 is 1.90 bits per heavy atom. The number of aryl methyl sites for hydroxylation is 1. The van der Waals surface area contributed by atoms with Crippen LogP contribution in [-0.4, -0.2) is 41.5 Å². The van der Waals surface area contributed by atoms with Crippen LogP contribution in [0.5, 0.6) is 11.5 Å². The van der Waals surface area contributed by atoms with Crippen LogP contribution in [0.2, 0.25) is 0 Å². The average molecular weight is 423 g/mol. The molecule has 1 N–H and O–H groups in total. The van der Waals surface area contributed by atoms with E-state index in [1.807, 2.05) is 0 Å². The molecule has 0 saturated carbocycles. The number of rotatable bonds is 8. The summed E-state index contributed by atoms with van der Waals surface area (Å²) in [7, 11) is 0. The molecule has 162 valence electrons. The van der Waals surface area contributed by atoms with Gasteiger partial charge in [0.15, 0.2) is 0 Å². The van der Waals surface area contributed by atoms with Crippen LogP contribution in [0.25, 0.3) is 0 Å². The van der Waals surface area contributed by atoms with Crippen LogP contribution in [-0.2, 0) is 22.5 Å². The smallest absolute Gasteiger partial charge is 0.508 e. The van der Waals surface area contributed by atoms with Gasteiger partial charge in [0.25, 0.3) is 0 Å². The fourth-order valence-corrected chi connectivity index (χ4v) is 3.41. The minimum absolute atomic E-state index is 0.0291. The normalized spacial score (nSPS) is 16.4. The molecule has 1 heterocycles. The minimum Gasteiger partial charge on any atom is -0.508 e. The zero-order valence-corrected chi connectivity index (χ0v) is 16.4. The maximum absolute atomic E-state index is 12.9. The molecule has 30 heavy (non-hydrogen) atoms. The second-order valence-electron chi connectivity index (χ2n) is 7.23. The van der Waals surface area contributed by atoms with Gasteiger partial charge in [-0.05, 0) is 43.0 Å². The van der Waals surface area contributed by atoms with E-state index in [1.165, 1.54) is 24.3 Å². The molecule has 5 nitrogen and oxygen atoms in total. The Kier molecular flexibility index (Phi) is 7.20. The van der Waals surface area contributed by atoms with Gasteiger partial charge in [-0.1, -0.05) is 30.3 Å². The maximum Gasteiger partial charge on any atom is 0.573 e. The fourth-order valence-electron chi connectivity index (χ4n) is 3.41. The number of carbonyl (C=O) groups is 1. The van der Waals surface area contributed by atoms with E-state index in [1.54, 1.807) is 29.2 Å². The summed E-state index contributed by atoms with van der Waals surface area (Å²) in [6.45, 7) is 1.38. The van der Waals surface area contributed by atoms with Crippen molar-refractivity contribution < 1.29 is 32.5 Å². The lowest BCUT2D eigenvalue weighted by atomic mass is 10.1. The standard InChI is InChI=1S/C22H24F3NO4/c23-22(24,25)30-18-10-7-16(8-11-18)9-12-21(28)26(15-19-5-3-13-29-19)14-17-4-1-2-6-20(17)27/h1-2,4,6-8,10-11,19,27H,3,5,9,12-15H2. The van der Waals surface area contributed by atoms with Crippen molar-refractivity contribution in [3.8, 4) is 11.5 Å². The van der Waals surface area contributed by atoms with E-state index in [2.05, 4.69) is 4.74 Å². The van der Waals surface area contributed by atoms with E-state index in [-0.39, 0.29) is 36.5 Å². The highest BCUT2D eigenvalue weighted by Gasteiger charge is 2.31. The molecule has 2 aromatic carbocycles. The SMILES string of the molecule is O=C(CCc1ccc(OC(F)(F)F)cc1)N(Cc1ccccc1O)CC1CCCO1. The maximum atomic E-state index is 12.9. The van der Waals surface area contributed by atoms with Crippen LogP contribution in [0.4, 0.5) is 13.2 Å². The highest BCUT2D eigenvalue weighted by Crippen LogP contribution is 2.24. The van der Waals surface area contributed by atoms with Crippen molar-refractivity contribution in [2.24, 2.45) is 0 Å². The van der Waals surface area contributed by atoms with Crippen LogP contribution >= 0.6 is 0 Å². The lowest BCUT2D eigenvalue weighted by molar-refractivity contribution is -0.274. The van der Waals surface area contributed by atoms with Gasteiger partial charge in [-0.25, -0.2) is 0 Å². The molecule has 8 heteroatoms. The van der Waals surface area contributed by atoms with Gasteiger partial charge in [0.05, 0.1) is 6.10 Å². The van der Waals surface area contributed by atoms with Crippen molar-refractivity contribution in [2.45, 2.75) is 44.7 Å². The number of para-hydroxylation sites is 1. The molecule has 1 aliphatic rings. The molecule has 3 rings (SSSR count). The van der Waals surface area contributed by atoms with Gasteiger partial charge < -0.3 is 19.5 Å². The monoisotopic (exact) mass is 423 g/mol. The third kappa shape index (κ3) is 6.66. The molecule has 1 saturated heterocycles. The van der Waals surface area contributed by atoms with Crippen LogP contribution in [0.15, 0.2) is 48.5 Å². The highest BCUT2D eigenvalue weighted by atomic mass is 19.4. The summed E-state index contributed by atoms with van der Waals surface area (Å²) >= 11 is 0. The molecule has 0 radical (unpaired) electrons. The van der Waals surface area contributed by atoms with Crippen molar-refractivity contribution in [1.29, 1.82) is 0 Å². The summed E-state index contributed by atoms with van der Waals surface area (Å²) in [6.07, 6.45) is -2.35. The van der Waals surface area contributed by atoms with Crippen molar-refractivity contribution in [3.63, 3.8) is 0 Å². The van der Waals surface area contributed by atoms with Gasteiger partial charge in [0, 0.05) is 31.7 Å². The molecule has 0 aromatic heterocycles. The molecule has 1 aliphatic heterocycles. The van der Waals surface area contributed by atoms with E-state index in [4.69, 9.17) is 4.74 Å². The first-order valence-corrected chi connectivity index (χ1v) is 9.81. The fraction of sp³-hybridized carbons (Fsp3) is 0.409. The van der Waals surface area contributed by atoms with E-state index < -0.39 is 6.36 Å². The quantitative estimate of drug-likeness (QED) is 0.683. The Morgan fingerprint density at radius 3 is 2.53 bits per heavy atom. The van der Waals surface area contributed by atoms with Crippen molar-refractivity contribution in [2.75, 3.05) is 13.2 Å². The summed E-state index contributed by atoms with van der Waals surface area (Å²) in [4.78, 5) is 14.6. The third-order valence-corrected chi connectivity index (χ3v) is 4.94. The summed E-state index contributed by atoms with van der Waals surface area (Å²) in [5, 5.41) is 10.1. The first-order chi connectivity index (χ1) is 14.3. The summed E-state index contributed by atoms with van der Waals surface area (Å²) in [5.41, 5.74) is 1.38. The predicted octanol–water partition coefficient (Wildman–Crippen LogP) is 4.43. The van der Waals surface area contributed by atoms with Crippen molar-refractivity contribution >= 4 is 5.91 Å². The number of alkyl halides is 3. The Labute approximate surface area is 173 Å². The number of hydrogen-bond donors (Lipinski definition) is 1.